The van der Waals surface area contributed by atoms with Crippen LogP contribution in [-0.4, -0.2) is 23.8 Å². The van der Waals surface area contributed by atoms with Gasteiger partial charge >= 0.3 is 0 Å². The summed E-state index contributed by atoms with van der Waals surface area (Å²) >= 11 is 9.19. The lowest BCUT2D eigenvalue weighted by Crippen LogP contribution is -2.24. The van der Waals surface area contributed by atoms with Crippen molar-refractivity contribution in [3.8, 4) is 11.5 Å². The monoisotopic (exact) mass is 382 g/mol. The van der Waals surface area contributed by atoms with E-state index in [4.69, 9.17) is 16.3 Å². The van der Waals surface area contributed by atoms with Crippen molar-refractivity contribution in [2.45, 2.75) is 0 Å². The normalized spacial score (nSPS) is 10.6. The number of hydrogen-bond acceptors (Lipinski definition) is 4. The van der Waals surface area contributed by atoms with Gasteiger partial charge in [-0.15, -0.1) is 0 Å². The zero-order valence-corrected chi connectivity index (χ0v) is 13.6. The van der Waals surface area contributed by atoms with Crippen molar-refractivity contribution in [2.24, 2.45) is 5.10 Å². The third-order valence-corrected chi connectivity index (χ3v) is 3.38. The largest absolute Gasteiger partial charge is 0.507 e. The highest BCUT2D eigenvalue weighted by molar-refractivity contribution is 9.10. The summed E-state index contributed by atoms with van der Waals surface area (Å²) in [6.07, 6.45) is 1.34. The predicted molar refractivity (Wildman–Crippen MR) is 88.5 cm³/mol. The molecule has 0 saturated carbocycles. The number of carbonyl (C=O) groups excluding carboxylic acids is 1. The van der Waals surface area contributed by atoms with E-state index in [0.29, 0.717) is 16.3 Å². The van der Waals surface area contributed by atoms with Crippen LogP contribution in [0.4, 0.5) is 0 Å². The van der Waals surface area contributed by atoms with Gasteiger partial charge in [-0.1, -0.05) is 39.7 Å². The lowest BCUT2D eigenvalue weighted by molar-refractivity contribution is -0.123. The van der Waals surface area contributed by atoms with E-state index in [9.17, 15) is 9.90 Å². The van der Waals surface area contributed by atoms with Crippen LogP contribution in [0.2, 0.25) is 5.02 Å². The van der Waals surface area contributed by atoms with Crippen LogP contribution in [0.15, 0.2) is 52.0 Å². The highest BCUT2D eigenvalue weighted by Gasteiger charge is 2.04. The third kappa shape index (κ3) is 4.75. The fourth-order valence-corrected chi connectivity index (χ4v) is 2.11. The van der Waals surface area contributed by atoms with Crippen molar-refractivity contribution >= 4 is 39.7 Å². The molecule has 114 valence electrons. The smallest absolute Gasteiger partial charge is 0.277 e. The van der Waals surface area contributed by atoms with Crippen molar-refractivity contribution < 1.29 is 14.6 Å². The maximum absolute atomic E-state index is 11.6. The van der Waals surface area contributed by atoms with Gasteiger partial charge in [0, 0.05) is 10.0 Å². The van der Waals surface area contributed by atoms with Crippen LogP contribution in [-0.2, 0) is 4.79 Å². The van der Waals surface area contributed by atoms with Gasteiger partial charge in [-0.3, -0.25) is 4.79 Å². The fraction of sp³-hybridized carbons (Fsp3) is 0.0667. The molecule has 2 rings (SSSR count). The third-order valence-electron chi connectivity index (χ3n) is 2.58. The molecule has 0 radical (unpaired) electrons. The molecule has 2 aromatic rings. The van der Waals surface area contributed by atoms with E-state index in [0.717, 1.165) is 4.47 Å². The number of aromatic hydroxyl groups is 1. The Morgan fingerprint density at radius 2 is 2.14 bits per heavy atom. The molecule has 2 N–H and O–H groups in total. The molecule has 1 amide bonds. The summed E-state index contributed by atoms with van der Waals surface area (Å²) in [7, 11) is 0. The second-order valence-corrected chi connectivity index (χ2v) is 5.54. The van der Waals surface area contributed by atoms with Crippen LogP contribution < -0.4 is 10.2 Å². The van der Waals surface area contributed by atoms with E-state index >= 15 is 0 Å². The molecule has 0 aliphatic carbocycles. The second-order valence-electron chi connectivity index (χ2n) is 4.22. The number of phenolic OH excluding ortho intramolecular Hbond substituents is 1. The molecule has 0 aromatic heterocycles. The van der Waals surface area contributed by atoms with Crippen LogP contribution in [0.3, 0.4) is 0 Å². The highest BCUT2D eigenvalue weighted by atomic mass is 79.9. The van der Waals surface area contributed by atoms with Crippen LogP contribution in [0.25, 0.3) is 0 Å². The molecular weight excluding hydrogens is 372 g/mol. The van der Waals surface area contributed by atoms with Gasteiger partial charge in [0.25, 0.3) is 5.91 Å². The zero-order valence-electron chi connectivity index (χ0n) is 11.3. The maximum Gasteiger partial charge on any atom is 0.277 e. The average Bonchev–Trinajstić information content (AvgIpc) is 2.50. The van der Waals surface area contributed by atoms with Gasteiger partial charge in [0.2, 0.25) is 0 Å². The topological polar surface area (TPSA) is 70.9 Å². The summed E-state index contributed by atoms with van der Waals surface area (Å²) in [6.45, 7) is -0.217. The molecule has 22 heavy (non-hydrogen) atoms. The minimum absolute atomic E-state index is 0.0634. The summed E-state index contributed by atoms with van der Waals surface area (Å²) in [4.78, 5) is 11.6. The fourth-order valence-electron chi connectivity index (χ4n) is 1.54. The van der Waals surface area contributed by atoms with Crippen LogP contribution >= 0.6 is 27.5 Å². The van der Waals surface area contributed by atoms with Crippen LogP contribution in [0, 0.1) is 0 Å². The first-order chi connectivity index (χ1) is 10.6. The van der Waals surface area contributed by atoms with Crippen LogP contribution in [0.1, 0.15) is 5.56 Å². The van der Waals surface area contributed by atoms with Gasteiger partial charge in [0.1, 0.15) is 11.5 Å². The quantitative estimate of drug-likeness (QED) is 0.614. The molecule has 0 spiro atoms. The minimum atomic E-state index is -0.439. The van der Waals surface area contributed by atoms with Crippen molar-refractivity contribution in [3.63, 3.8) is 0 Å². The second kappa shape index (κ2) is 7.82. The number of carbonyl (C=O) groups is 1. The van der Waals surface area contributed by atoms with E-state index < -0.39 is 5.91 Å². The number of benzene rings is 2. The number of para-hydroxylation sites is 1. The van der Waals surface area contributed by atoms with Gasteiger partial charge in [0.05, 0.1) is 11.2 Å². The Hall–Kier alpha value is -2.05. The molecule has 0 bridgehead atoms. The standard InChI is InChI=1S/C15H12BrClN2O3/c16-11-5-6-13(20)10(7-11)8-18-19-15(21)9-22-14-4-2-1-3-12(14)17/h1-8,20H,9H2,(H,19,21)/b18-8-. The Morgan fingerprint density at radius 3 is 2.91 bits per heavy atom. The van der Waals surface area contributed by atoms with E-state index in [-0.39, 0.29) is 12.4 Å². The molecule has 0 atom stereocenters. The number of hydrazone groups is 1. The van der Waals surface area contributed by atoms with Crippen LogP contribution in [0.5, 0.6) is 11.5 Å². The Morgan fingerprint density at radius 1 is 1.36 bits per heavy atom. The van der Waals surface area contributed by atoms with Crippen molar-refractivity contribution in [1.82, 2.24) is 5.43 Å². The predicted octanol–water partition coefficient (Wildman–Crippen LogP) is 3.34. The summed E-state index contributed by atoms with van der Waals surface area (Å²) in [6, 6.07) is 11.8. The molecule has 0 unspecified atom stereocenters. The number of rotatable bonds is 5. The molecule has 2 aromatic carbocycles. The molecule has 0 fully saturated rings. The first kappa shape index (κ1) is 16.3. The zero-order chi connectivity index (χ0) is 15.9. The summed E-state index contributed by atoms with van der Waals surface area (Å²) in [5, 5.41) is 13.8. The van der Waals surface area contributed by atoms with E-state index in [1.807, 2.05) is 0 Å². The molecule has 0 aliphatic rings. The molecule has 0 heterocycles. The number of ether oxygens (including phenoxy) is 1. The minimum Gasteiger partial charge on any atom is -0.507 e. The summed E-state index contributed by atoms with van der Waals surface area (Å²) in [5.41, 5.74) is 2.78. The highest BCUT2D eigenvalue weighted by Crippen LogP contribution is 2.22. The first-order valence-electron chi connectivity index (χ1n) is 6.24. The Bertz CT molecular complexity index is 707. The van der Waals surface area contributed by atoms with Gasteiger partial charge in [-0.25, -0.2) is 5.43 Å². The Kier molecular flexibility index (Phi) is 5.80. The van der Waals surface area contributed by atoms with E-state index in [1.165, 1.54) is 12.3 Å². The summed E-state index contributed by atoms with van der Waals surface area (Å²) < 4.78 is 6.06. The lowest BCUT2D eigenvalue weighted by Gasteiger charge is -2.06. The number of nitrogens with zero attached hydrogens (tertiary/aromatic N) is 1. The SMILES string of the molecule is O=C(COc1ccccc1Cl)N/N=C\c1cc(Br)ccc1O. The number of halogens is 2. The Balaban J connectivity index is 1.86. The number of hydrogen-bond donors (Lipinski definition) is 2. The first-order valence-corrected chi connectivity index (χ1v) is 7.41. The molecule has 5 nitrogen and oxygen atoms in total. The Labute approximate surface area is 140 Å². The van der Waals surface area contributed by atoms with E-state index in [1.54, 1.807) is 36.4 Å². The van der Waals surface area contributed by atoms with Crippen molar-refractivity contribution in [2.75, 3.05) is 6.61 Å². The molecule has 0 aliphatic heterocycles. The van der Waals surface area contributed by atoms with E-state index in [2.05, 4.69) is 26.5 Å². The van der Waals surface area contributed by atoms with Crippen molar-refractivity contribution in [3.05, 3.63) is 57.5 Å². The molecule has 7 heteroatoms. The lowest BCUT2D eigenvalue weighted by atomic mass is 10.2. The average molecular weight is 384 g/mol. The number of phenols is 1. The van der Waals surface area contributed by atoms with Gasteiger partial charge < -0.3 is 9.84 Å². The van der Waals surface area contributed by atoms with Crippen molar-refractivity contribution in [1.29, 1.82) is 0 Å². The molecule has 0 saturated heterocycles. The molecular formula is C15H12BrClN2O3. The summed E-state index contributed by atoms with van der Waals surface area (Å²) in [5.74, 6) is 0.0482. The van der Waals surface area contributed by atoms with Gasteiger partial charge in [0.15, 0.2) is 6.61 Å². The maximum atomic E-state index is 11.6. The number of amides is 1. The number of nitrogens with one attached hydrogen (secondary N) is 1. The van der Waals surface area contributed by atoms with Gasteiger partial charge in [-0.2, -0.15) is 5.10 Å². The van der Waals surface area contributed by atoms with Gasteiger partial charge in [-0.05, 0) is 30.3 Å².